The molecule has 0 aliphatic heterocycles. The fourth-order valence-electron chi connectivity index (χ4n) is 2.12. The Hall–Kier alpha value is -2.14. The summed E-state index contributed by atoms with van der Waals surface area (Å²) >= 11 is 0. The van der Waals surface area contributed by atoms with Crippen LogP contribution in [0.1, 0.15) is 43.6 Å². The fraction of sp³-hybridized carbons (Fsp3) is 0.278. The van der Waals surface area contributed by atoms with Crippen LogP contribution in [0.25, 0.3) is 0 Å². The molecule has 0 spiro atoms. The second kappa shape index (κ2) is 6.16. The Morgan fingerprint density at radius 3 is 1.87 bits per heavy atom. The van der Waals surface area contributed by atoms with Crippen LogP contribution in [-0.4, -0.2) is 14.2 Å². The summed E-state index contributed by atoms with van der Waals surface area (Å²) in [5.41, 5.74) is 2.14. The second-order valence-electron chi connectivity index (χ2n) is 6.51. The van der Waals surface area contributed by atoms with E-state index in [9.17, 15) is 13.2 Å². The average Bonchev–Trinajstić information content (AvgIpc) is 2.46. The molecule has 0 heterocycles. The quantitative estimate of drug-likeness (QED) is 0.862. The molecule has 0 bridgehead atoms. The van der Waals surface area contributed by atoms with E-state index in [1.54, 1.807) is 12.1 Å². The minimum atomic E-state index is -3.67. The lowest BCUT2D eigenvalue weighted by Crippen LogP contribution is -2.14. The highest BCUT2D eigenvalue weighted by Gasteiger charge is 2.16. The highest BCUT2D eigenvalue weighted by molar-refractivity contribution is 7.92. The maximum atomic E-state index is 12.4. The van der Waals surface area contributed by atoms with Crippen molar-refractivity contribution in [2.45, 2.75) is 38.0 Å². The van der Waals surface area contributed by atoms with Gasteiger partial charge in [-0.3, -0.25) is 9.52 Å². The number of carbonyl (C=O) groups is 1. The first-order valence-electron chi connectivity index (χ1n) is 7.34. The van der Waals surface area contributed by atoms with Gasteiger partial charge in [-0.1, -0.05) is 45.0 Å². The number of anilines is 1. The van der Waals surface area contributed by atoms with Crippen LogP contribution in [0.4, 0.5) is 5.69 Å². The summed E-state index contributed by atoms with van der Waals surface area (Å²) in [7, 11) is -3.67. The van der Waals surface area contributed by atoms with E-state index in [1.807, 2.05) is 12.1 Å². The molecule has 0 saturated carbocycles. The zero-order valence-electron chi connectivity index (χ0n) is 13.8. The predicted molar refractivity (Wildman–Crippen MR) is 92.4 cm³/mol. The lowest BCUT2D eigenvalue weighted by atomic mass is 9.87. The molecule has 5 heteroatoms. The molecule has 4 nitrogen and oxygen atoms in total. The molecule has 0 unspecified atom stereocenters. The SMILES string of the molecule is CC(=O)c1ccc(S(=O)(=O)Nc2ccc(C(C)(C)C)cc2)cc1. The number of rotatable bonds is 4. The summed E-state index contributed by atoms with van der Waals surface area (Å²) in [5, 5.41) is 0. The number of benzene rings is 2. The Balaban J connectivity index is 2.22. The molecule has 2 rings (SSSR count). The van der Waals surface area contributed by atoms with E-state index in [-0.39, 0.29) is 16.1 Å². The third kappa shape index (κ3) is 4.20. The number of Topliss-reactive ketones (excluding diaryl/α,β-unsaturated/α-hetero) is 1. The summed E-state index contributed by atoms with van der Waals surface area (Å²) in [6, 6.07) is 13.2. The van der Waals surface area contributed by atoms with Crippen LogP contribution in [0.15, 0.2) is 53.4 Å². The van der Waals surface area contributed by atoms with Crippen LogP contribution in [0, 0.1) is 0 Å². The van der Waals surface area contributed by atoms with Crippen molar-refractivity contribution in [3.63, 3.8) is 0 Å². The molecule has 0 aromatic heterocycles. The Kier molecular flexibility index (Phi) is 4.61. The van der Waals surface area contributed by atoms with E-state index >= 15 is 0 Å². The minimum absolute atomic E-state index is 0.0138. The average molecular weight is 331 g/mol. The standard InChI is InChI=1S/C18H21NO3S/c1-13(20)14-5-11-17(12-6-14)23(21,22)19-16-9-7-15(8-10-16)18(2,3)4/h5-12,19H,1-4H3. The van der Waals surface area contributed by atoms with Gasteiger partial charge in [0.1, 0.15) is 0 Å². The topological polar surface area (TPSA) is 63.2 Å². The van der Waals surface area contributed by atoms with Crippen molar-refractivity contribution >= 4 is 21.5 Å². The number of sulfonamides is 1. The van der Waals surface area contributed by atoms with Crippen molar-refractivity contribution < 1.29 is 13.2 Å². The second-order valence-corrected chi connectivity index (χ2v) is 8.20. The number of nitrogens with one attached hydrogen (secondary N) is 1. The molecule has 0 saturated heterocycles. The van der Waals surface area contributed by atoms with Gasteiger partial charge in [0.25, 0.3) is 10.0 Å². The molecule has 0 amide bonds. The third-order valence-corrected chi connectivity index (χ3v) is 4.97. The molecular weight excluding hydrogens is 310 g/mol. The molecule has 2 aromatic carbocycles. The highest BCUT2D eigenvalue weighted by Crippen LogP contribution is 2.24. The largest absolute Gasteiger partial charge is 0.295 e. The van der Waals surface area contributed by atoms with Gasteiger partial charge in [-0.2, -0.15) is 0 Å². The molecule has 23 heavy (non-hydrogen) atoms. The van der Waals surface area contributed by atoms with E-state index in [0.29, 0.717) is 11.3 Å². The smallest absolute Gasteiger partial charge is 0.261 e. The van der Waals surface area contributed by atoms with Gasteiger partial charge in [0, 0.05) is 11.3 Å². The number of carbonyl (C=O) groups excluding carboxylic acids is 1. The van der Waals surface area contributed by atoms with Crippen molar-refractivity contribution in [3.8, 4) is 0 Å². The Bertz CT molecular complexity index is 799. The molecule has 0 atom stereocenters. The van der Waals surface area contributed by atoms with Gasteiger partial charge in [0.15, 0.2) is 5.78 Å². The molecule has 0 fully saturated rings. The number of hydrogen-bond acceptors (Lipinski definition) is 3. The first-order valence-corrected chi connectivity index (χ1v) is 8.82. The Morgan fingerprint density at radius 1 is 0.913 bits per heavy atom. The van der Waals surface area contributed by atoms with Crippen LogP contribution in [0.3, 0.4) is 0 Å². The monoisotopic (exact) mass is 331 g/mol. The lowest BCUT2D eigenvalue weighted by molar-refractivity contribution is 0.101. The van der Waals surface area contributed by atoms with Crippen molar-refractivity contribution in [1.82, 2.24) is 0 Å². The zero-order valence-corrected chi connectivity index (χ0v) is 14.6. The van der Waals surface area contributed by atoms with Crippen molar-refractivity contribution in [2.75, 3.05) is 4.72 Å². The first kappa shape index (κ1) is 17.2. The van der Waals surface area contributed by atoms with E-state index < -0.39 is 10.0 Å². The van der Waals surface area contributed by atoms with Crippen LogP contribution in [0.5, 0.6) is 0 Å². The van der Waals surface area contributed by atoms with Gasteiger partial charge in [-0.25, -0.2) is 8.42 Å². The Labute approximate surface area is 137 Å². The van der Waals surface area contributed by atoms with Crippen LogP contribution in [0.2, 0.25) is 0 Å². The number of ketones is 1. The first-order chi connectivity index (χ1) is 10.6. The van der Waals surface area contributed by atoms with Crippen LogP contribution < -0.4 is 4.72 Å². The van der Waals surface area contributed by atoms with E-state index in [4.69, 9.17) is 0 Å². The normalized spacial score (nSPS) is 12.0. The molecule has 0 aliphatic carbocycles. The molecule has 0 aliphatic rings. The van der Waals surface area contributed by atoms with Gasteiger partial charge in [0.05, 0.1) is 4.90 Å². The maximum Gasteiger partial charge on any atom is 0.261 e. The van der Waals surface area contributed by atoms with Crippen LogP contribution in [-0.2, 0) is 15.4 Å². The summed E-state index contributed by atoms with van der Waals surface area (Å²) in [6.07, 6.45) is 0. The minimum Gasteiger partial charge on any atom is -0.295 e. The van der Waals surface area contributed by atoms with Crippen molar-refractivity contribution in [1.29, 1.82) is 0 Å². The van der Waals surface area contributed by atoms with Gasteiger partial charge in [-0.05, 0) is 42.2 Å². The number of hydrogen-bond donors (Lipinski definition) is 1. The molecule has 1 N–H and O–H groups in total. The molecule has 0 radical (unpaired) electrons. The van der Waals surface area contributed by atoms with Crippen LogP contribution >= 0.6 is 0 Å². The van der Waals surface area contributed by atoms with Crippen molar-refractivity contribution in [3.05, 3.63) is 59.7 Å². The Morgan fingerprint density at radius 2 is 1.43 bits per heavy atom. The maximum absolute atomic E-state index is 12.4. The molecule has 122 valence electrons. The summed E-state index contributed by atoms with van der Waals surface area (Å²) in [4.78, 5) is 11.4. The molecule has 2 aromatic rings. The van der Waals surface area contributed by atoms with Crippen molar-refractivity contribution in [2.24, 2.45) is 0 Å². The van der Waals surface area contributed by atoms with Gasteiger partial charge < -0.3 is 0 Å². The summed E-state index contributed by atoms with van der Waals surface area (Å²) in [6.45, 7) is 7.74. The summed E-state index contributed by atoms with van der Waals surface area (Å²) in [5.74, 6) is -0.0975. The van der Waals surface area contributed by atoms with E-state index in [2.05, 4.69) is 25.5 Å². The molecular formula is C18H21NO3S. The van der Waals surface area contributed by atoms with E-state index in [0.717, 1.165) is 5.56 Å². The third-order valence-electron chi connectivity index (χ3n) is 3.57. The van der Waals surface area contributed by atoms with Gasteiger partial charge in [-0.15, -0.1) is 0 Å². The van der Waals surface area contributed by atoms with Gasteiger partial charge in [0.2, 0.25) is 0 Å². The fourth-order valence-corrected chi connectivity index (χ4v) is 3.18. The van der Waals surface area contributed by atoms with E-state index in [1.165, 1.54) is 31.2 Å². The van der Waals surface area contributed by atoms with Gasteiger partial charge >= 0.3 is 0 Å². The summed E-state index contributed by atoms with van der Waals surface area (Å²) < 4.78 is 27.3. The lowest BCUT2D eigenvalue weighted by Gasteiger charge is -2.19. The zero-order chi connectivity index (χ0) is 17.3. The highest BCUT2D eigenvalue weighted by atomic mass is 32.2. The predicted octanol–water partition coefficient (Wildman–Crippen LogP) is 3.99.